The van der Waals surface area contributed by atoms with Crippen LogP contribution in [-0.2, 0) is 0 Å². The van der Waals surface area contributed by atoms with E-state index in [1.165, 1.54) is 6.07 Å². The van der Waals surface area contributed by atoms with Crippen molar-refractivity contribution in [2.24, 2.45) is 0 Å². The molecule has 0 spiro atoms. The highest BCUT2D eigenvalue weighted by molar-refractivity contribution is 5.51. The van der Waals surface area contributed by atoms with Gasteiger partial charge >= 0.3 is 0 Å². The molecule has 90 valence electrons. The molecule has 0 aliphatic carbocycles. The van der Waals surface area contributed by atoms with Crippen molar-refractivity contribution in [1.29, 1.82) is 5.26 Å². The van der Waals surface area contributed by atoms with Crippen LogP contribution in [0.1, 0.15) is 18.4 Å². The van der Waals surface area contributed by atoms with E-state index >= 15 is 0 Å². The third-order valence-corrected chi connectivity index (χ3v) is 3.25. The number of halogens is 1. The van der Waals surface area contributed by atoms with E-state index in [2.05, 4.69) is 5.32 Å². The molecule has 1 unspecified atom stereocenters. The number of rotatable bonds is 2. The molecule has 0 aromatic heterocycles. The smallest absolute Gasteiger partial charge is 0.147 e. The second-order valence-corrected chi connectivity index (χ2v) is 4.35. The maximum absolute atomic E-state index is 13.8. The van der Waals surface area contributed by atoms with Crippen LogP contribution in [0.25, 0.3) is 0 Å². The minimum absolute atomic E-state index is 0.305. The summed E-state index contributed by atoms with van der Waals surface area (Å²) in [4.78, 5) is 2.04. The Morgan fingerprint density at radius 3 is 3.00 bits per heavy atom. The summed E-state index contributed by atoms with van der Waals surface area (Å²) in [5, 5.41) is 11.9. The maximum Gasteiger partial charge on any atom is 0.147 e. The van der Waals surface area contributed by atoms with Gasteiger partial charge in [-0.1, -0.05) is 0 Å². The van der Waals surface area contributed by atoms with Gasteiger partial charge in [0.25, 0.3) is 0 Å². The maximum atomic E-state index is 13.8. The second-order valence-electron chi connectivity index (χ2n) is 4.35. The zero-order chi connectivity index (χ0) is 12.3. The van der Waals surface area contributed by atoms with Crippen LogP contribution in [0.5, 0.6) is 0 Å². The Morgan fingerprint density at radius 1 is 1.53 bits per heavy atom. The fraction of sp³-hybridized carbons (Fsp3) is 0.462. The summed E-state index contributed by atoms with van der Waals surface area (Å²) in [5.74, 6) is -0.305. The van der Waals surface area contributed by atoms with Crippen LogP contribution in [0.2, 0.25) is 0 Å². The van der Waals surface area contributed by atoms with Gasteiger partial charge in [0.05, 0.1) is 17.3 Å². The van der Waals surface area contributed by atoms with E-state index < -0.39 is 0 Å². The summed E-state index contributed by atoms with van der Waals surface area (Å²) in [7, 11) is 1.93. The molecule has 1 aromatic rings. The molecule has 3 nitrogen and oxygen atoms in total. The van der Waals surface area contributed by atoms with Crippen molar-refractivity contribution in [3.8, 4) is 6.07 Å². The first-order chi connectivity index (χ1) is 8.24. The van der Waals surface area contributed by atoms with Gasteiger partial charge in [-0.2, -0.15) is 5.26 Å². The van der Waals surface area contributed by atoms with Gasteiger partial charge in [-0.15, -0.1) is 0 Å². The van der Waals surface area contributed by atoms with Crippen molar-refractivity contribution in [2.75, 3.05) is 25.0 Å². The summed E-state index contributed by atoms with van der Waals surface area (Å²) in [6.07, 6.45) is 2.19. The van der Waals surface area contributed by atoms with Crippen LogP contribution < -0.4 is 10.2 Å². The molecule has 1 fully saturated rings. The lowest BCUT2D eigenvalue weighted by Gasteiger charge is -2.34. The van der Waals surface area contributed by atoms with Crippen LogP contribution in [0.15, 0.2) is 18.2 Å². The molecular formula is C13H16FN3. The predicted molar refractivity (Wildman–Crippen MR) is 65.4 cm³/mol. The standard InChI is InChI=1S/C13H16FN3/c1-16-11-3-2-6-17(9-11)13-5-4-10(8-15)7-12(13)14/h4-5,7,11,16H,2-3,6,9H2,1H3. The number of nitrogens with zero attached hydrogens (tertiary/aromatic N) is 2. The highest BCUT2D eigenvalue weighted by atomic mass is 19.1. The number of nitriles is 1. The fourth-order valence-corrected chi connectivity index (χ4v) is 2.26. The Balaban J connectivity index is 2.19. The molecule has 17 heavy (non-hydrogen) atoms. The topological polar surface area (TPSA) is 39.1 Å². The molecule has 1 aliphatic heterocycles. The molecule has 0 amide bonds. The molecule has 1 N–H and O–H groups in total. The first-order valence-corrected chi connectivity index (χ1v) is 5.86. The molecule has 4 heteroatoms. The quantitative estimate of drug-likeness (QED) is 0.847. The number of likely N-dealkylation sites (N-methyl/N-ethyl adjacent to an activating group) is 1. The second kappa shape index (κ2) is 5.15. The van der Waals surface area contributed by atoms with Crippen LogP contribution in [0.4, 0.5) is 10.1 Å². The molecule has 1 atom stereocenters. The Morgan fingerprint density at radius 2 is 2.35 bits per heavy atom. The van der Waals surface area contributed by atoms with Crippen molar-refractivity contribution in [3.63, 3.8) is 0 Å². The number of benzene rings is 1. The summed E-state index contributed by atoms with van der Waals surface area (Å²) < 4.78 is 13.8. The van der Waals surface area contributed by atoms with Crippen LogP contribution in [-0.4, -0.2) is 26.2 Å². The Kier molecular flexibility index (Phi) is 3.60. The summed E-state index contributed by atoms with van der Waals surface area (Å²) in [6.45, 7) is 1.69. The van der Waals surface area contributed by atoms with Gasteiger partial charge in [0.15, 0.2) is 0 Å². The van der Waals surface area contributed by atoms with Gasteiger partial charge in [0.2, 0.25) is 0 Å². The lowest BCUT2D eigenvalue weighted by Crippen LogP contribution is -2.44. The average Bonchev–Trinajstić information content (AvgIpc) is 2.38. The predicted octanol–water partition coefficient (Wildman–Crippen LogP) is 1.89. The zero-order valence-corrected chi connectivity index (χ0v) is 9.91. The summed E-state index contributed by atoms with van der Waals surface area (Å²) >= 11 is 0. The van der Waals surface area contributed by atoms with E-state index in [4.69, 9.17) is 5.26 Å². The Labute approximate surface area is 101 Å². The monoisotopic (exact) mass is 233 g/mol. The van der Waals surface area contributed by atoms with E-state index in [9.17, 15) is 4.39 Å². The first-order valence-electron chi connectivity index (χ1n) is 5.86. The first kappa shape index (κ1) is 11.9. The normalized spacial score (nSPS) is 20.1. The molecule has 1 saturated heterocycles. The van der Waals surface area contributed by atoms with E-state index in [0.717, 1.165) is 25.9 Å². The minimum Gasteiger partial charge on any atom is -0.368 e. The third-order valence-electron chi connectivity index (χ3n) is 3.25. The average molecular weight is 233 g/mol. The van der Waals surface area contributed by atoms with Crippen molar-refractivity contribution in [2.45, 2.75) is 18.9 Å². The van der Waals surface area contributed by atoms with Gasteiger partial charge in [-0.05, 0) is 38.1 Å². The van der Waals surface area contributed by atoms with Crippen LogP contribution in [0, 0.1) is 17.1 Å². The number of hydrogen-bond donors (Lipinski definition) is 1. The minimum atomic E-state index is -0.305. The van der Waals surface area contributed by atoms with Crippen LogP contribution in [0.3, 0.4) is 0 Å². The van der Waals surface area contributed by atoms with Crippen molar-refractivity contribution < 1.29 is 4.39 Å². The molecule has 0 bridgehead atoms. The van der Waals surface area contributed by atoms with Gasteiger partial charge < -0.3 is 10.2 Å². The fourth-order valence-electron chi connectivity index (χ4n) is 2.26. The van der Waals surface area contributed by atoms with Crippen molar-refractivity contribution in [3.05, 3.63) is 29.6 Å². The molecule has 0 radical (unpaired) electrons. The Hall–Kier alpha value is -1.60. The van der Waals surface area contributed by atoms with Crippen molar-refractivity contribution in [1.82, 2.24) is 5.32 Å². The molecular weight excluding hydrogens is 217 g/mol. The third kappa shape index (κ3) is 2.56. The highest BCUT2D eigenvalue weighted by Gasteiger charge is 2.20. The van der Waals surface area contributed by atoms with E-state index in [0.29, 0.717) is 17.3 Å². The number of hydrogen-bond acceptors (Lipinski definition) is 3. The zero-order valence-electron chi connectivity index (χ0n) is 9.91. The Bertz CT molecular complexity index is 439. The molecule has 1 heterocycles. The van der Waals surface area contributed by atoms with E-state index in [1.54, 1.807) is 12.1 Å². The molecule has 2 rings (SSSR count). The van der Waals surface area contributed by atoms with Crippen molar-refractivity contribution >= 4 is 5.69 Å². The van der Waals surface area contributed by atoms with E-state index in [1.807, 2.05) is 18.0 Å². The molecule has 1 aliphatic rings. The lowest BCUT2D eigenvalue weighted by molar-refractivity contribution is 0.445. The van der Waals surface area contributed by atoms with Gasteiger partial charge in [0.1, 0.15) is 5.82 Å². The molecule has 1 aromatic carbocycles. The summed E-state index contributed by atoms with van der Waals surface area (Å²) in [6, 6.07) is 7.03. The number of nitrogens with one attached hydrogen (secondary N) is 1. The van der Waals surface area contributed by atoms with Gasteiger partial charge in [-0.25, -0.2) is 4.39 Å². The van der Waals surface area contributed by atoms with Crippen LogP contribution >= 0.6 is 0 Å². The number of piperidine rings is 1. The van der Waals surface area contributed by atoms with Gasteiger partial charge in [0, 0.05) is 19.1 Å². The summed E-state index contributed by atoms with van der Waals surface area (Å²) in [5.41, 5.74) is 0.970. The molecule has 0 saturated carbocycles. The number of anilines is 1. The lowest BCUT2D eigenvalue weighted by atomic mass is 10.0. The van der Waals surface area contributed by atoms with Gasteiger partial charge in [-0.3, -0.25) is 0 Å². The largest absolute Gasteiger partial charge is 0.368 e. The SMILES string of the molecule is CNC1CCCN(c2ccc(C#N)cc2F)C1. The van der Waals surface area contributed by atoms with E-state index in [-0.39, 0.29) is 5.82 Å². The highest BCUT2D eigenvalue weighted by Crippen LogP contribution is 2.23.